The van der Waals surface area contributed by atoms with Gasteiger partial charge in [0, 0.05) is 22.9 Å². The van der Waals surface area contributed by atoms with E-state index in [2.05, 4.69) is 5.32 Å². The second-order valence-corrected chi connectivity index (χ2v) is 5.29. The summed E-state index contributed by atoms with van der Waals surface area (Å²) in [6.45, 7) is 0.447. The minimum Gasteiger partial charge on any atom is -0.399 e. The number of hydrogen-bond donors (Lipinski definition) is 2. The number of amides is 3. The van der Waals surface area contributed by atoms with Crippen LogP contribution in [0.3, 0.4) is 0 Å². The lowest BCUT2D eigenvalue weighted by molar-refractivity contribution is -0.124. The molecule has 1 heterocycles. The number of anilines is 1. The van der Waals surface area contributed by atoms with E-state index >= 15 is 0 Å². The first-order chi connectivity index (χ1) is 8.58. The van der Waals surface area contributed by atoms with E-state index in [1.54, 1.807) is 18.2 Å². The molecule has 7 heteroatoms. The van der Waals surface area contributed by atoms with E-state index in [0.717, 1.165) is 4.90 Å². The summed E-state index contributed by atoms with van der Waals surface area (Å²) >= 11 is 7.48. The number of imide groups is 1. The van der Waals surface area contributed by atoms with Gasteiger partial charge in [-0.1, -0.05) is 11.6 Å². The zero-order valence-corrected chi connectivity index (χ0v) is 11.1. The number of nitrogens with one attached hydrogen (secondary N) is 1. The number of carbonyl (C=O) groups excluding carboxylic acids is 2. The van der Waals surface area contributed by atoms with E-state index in [4.69, 9.17) is 17.3 Å². The second kappa shape index (κ2) is 5.49. The van der Waals surface area contributed by atoms with E-state index in [9.17, 15) is 9.59 Å². The van der Waals surface area contributed by atoms with Crippen molar-refractivity contribution in [1.82, 2.24) is 10.2 Å². The fraction of sp³-hybridized carbons (Fsp3) is 0.273. The normalized spacial score (nSPS) is 15.1. The average molecular weight is 286 g/mol. The standard InChI is InChI=1S/C11H12ClN3O2S/c12-8-2-1-7(13)5-9(8)18-4-3-15-10(16)6-14-11(15)17/h1-2,5H,3-4,6,13H2,(H,14,17). The Morgan fingerprint density at radius 1 is 1.44 bits per heavy atom. The molecule has 0 bridgehead atoms. The number of rotatable bonds is 4. The van der Waals surface area contributed by atoms with Gasteiger partial charge in [-0.05, 0) is 18.2 Å². The summed E-state index contributed by atoms with van der Waals surface area (Å²) in [5.74, 6) is 0.391. The largest absolute Gasteiger partial charge is 0.399 e. The summed E-state index contributed by atoms with van der Waals surface area (Å²) in [6, 6.07) is 4.90. The molecule has 1 saturated heterocycles. The lowest BCUT2D eigenvalue weighted by atomic mass is 10.3. The lowest BCUT2D eigenvalue weighted by Crippen LogP contribution is -2.32. The third-order valence-corrected chi connectivity index (χ3v) is 3.94. The van der Waals surface area contributed by atoms with Gasteiger partial charge in [0.15, 0.2) is 0 Å². The van der Waals surface area contributed by atoms with E-state index in [0.29, 0.717) is 23.0 Å². The van der Waals surface area contributed by atoms with E-state index in [1.807, 2.05) is 0 Å². The van der Waals surface area contributed by atoms with Crippen molar-refractivity contribution >= 4 is 41.0 Å². The molecular weight excluding hydrogens is 274 g/mol. The monoisotopic (exact) mass is 285 g/mol. The number of thioether (sulfide) groups is 1. The number of carbonyl (C=O) groups is 2. The number of benzene rings is 1. The van der Waals surface area contributed by atoms with Crippen LogP contribution in [0.25, 0.3) is 0 Å². The van der Waals surface area contributed by atoms with Gasteiger partial charge in [-0.3, -0.25) is 9.69 Å². The molecule has 0 unspecified atom stereocenters. The Morgan fingerprint density at radius 3 is 2.89 bits per heavy atom. The first-order valence-corrected chi connectivity index (χ1v) is 6.70. The topological polar surface area (TPSA) is 75.4 Å². The Morgan fingerprint density at radius 2 is 2.22 bits per heavy atom. The first kappa shape index (κ1) is 13.0. The predicted molar refractivity (Wildman–Crippen MR) is 71.7 cm³/mol. The van der Waals surface area contributed by atoms with Crippen LogP contribution in [0.2, 0.25) is 5.02 Å². The number of halogens is 1. The van der Waals surface area contributed by atoms with Crippen molar-refractivity contribution in [3.8, 4) is 0 Å². The molecule has 1 aliphatic rings. The smallest absolute Gasteiger partial charge is 0.324 e. The fourth-order valence-corrected chi connectivity index (χ4v) is 2.76. The molecule has 1 aliphatic heterocycles. The zero-order valence-electron chi connectivity index (χ0n) is 9.48. The highest BCUT2D eigenvalue weighted by Gasteiger charge is 2.27. The number of hydrogen-bond acceptors (Lipinski definition) is 4. The molecule has 5 nitrogen and oxygen atoms in total. The quantitative estimate of drug-likeness (QED) is 0.500. The van der Waals surface area contributed by atoms with E-state index in [1.165, 1.54) is 16.7 Å². The Bertz CT molecular complexity index is 479. The number of urea groups is 1. The van der Waals surface area contributed by atoms with Crippen molar-refractivity contribution in [2.24, 2.45) is 0 Å². The Hall–Kier alpha value is -1.40. The minimum absolute atomic E-state index is 0.0859. The van der Waals surface area contributed by atoms with Crippen LogP contribution in [0.5, 0.6) is 0 Å². The lowest BCUT2D eigenvalue weighted by Gasteiger charge is -2.12. The molecular formula is C11H12ClN3O2S. The summed E-state index contributed by atoms with van der Waals surface area (Å²) in [5, 5.41) is 3.09. The average Bonchev–Trinajstić information content (AvgIpc) is 2.65. The van der Waals surface area contributed by atoms with Crippen molar-refractivity contribution in [3.63, 3.8) is 0 Å². The summed E-state index contributed by atoms with van der Waals surface area (Å²) in [5.41, 5.74) is 6.30. The molecule has 0 spiro atoms. The van der Waals surface area contributed by atoms with Crippen LogP contribution < -0.4 is 11.1 Å². The molecule has 2 rings (SSSR count). The van der Waals surface area contributed by atoms with Crippen LogP contribution in [-0.2, 0) is 4.79 Å². The zero-order chi connectivity index (χ0) is 13.1. The summed E-state index contributed by atoms with van der Waals surface area (Å²) in [7, 11) is 0. The molecule has 18 heavy (non-hydrogen) atoms. The molecule has 0 radical (unpaired) electrons. The van der Waals surface area contributed by atoms with Crippen molar-refractivity contribution in [3.05, 3.63) is 23.2 Å². The predicted octanol–water partition coefficient (Wildman–Crippen LogP) is 1.57. The summed E-state index contributed by atoms with van der Waals surface area (Å²) in [6.07, 6.45) is 0. The van der Waals surface area contributed by atoms with Crippen LogP contribution in [0.1, 0.15) is 0 Å². The van der Waals surface area contributed by atoms with Gasteiger partial charge < -0.3 is 11.1 Å². The summed E-state index contributed by atoms with van der Waals surface area (Å²) < 4.78 is 0. The third-order valence-electron chi connectivity index (χ3n) is 2.46. The van der Waals surface area contributed by atoms with Crippen LogP contribution in [-0.4, -0.2) is 35.7 Å². The molecule has 0 aromatic heterocycles. The van der Waals surface area contributed by atoms with Crippen LogP contribution in [0.4, 0.5) is 10.5 Å². The van der Waals surface area contributed by atoms with Gasteiger partial charge in [-0.15, -0.1) is 11.8 Å². The molecule has 0 atom stereocenters. The minimum atomic E-state index is -0.334. The Balaban J connectivity index is 1.90. The molecule has 1 aromatic carbocycles. The molecule has 3 amide bonds. The third kappa shape index (κ3) is 2.88. The molecule has 0 aliphatic carbocycles. The highest BCUT2D eigenvalue weighted by Crippen LogP contribution is 2.28. The summed E-state index contributed by atoms with van der Waals surface area (Å²) in [4.78, 5) is 24.7. The molecule has 96 valence electrons. The van der Waals surface area contributed by atoms with Crippen LogP contribution in [0, 0.1) is 0 Å². The van der Waals surface area contributed by atoms with Gasteiger partial charge in [0.05, 0.1) is 11.6 Å². The highest BCUT2D eigenvalue weighted by atomic mass is 35.5. The molecule has 3 N–H and O–H groups in total. The van der Waals surface area contributed by atoms with Crippen LogP contribution >= 0.6 is 23.4 Å². The Kier molecular flexibility index (Phi) is 3.98. The van der Waals surface area contributed by atoms with Gasteiger partial charge in [-0.2, -0.15) is 0 Å². The fourth-order valence-electron chi connectivity index (χ4n) is 1.56. The number of nitrogens with two attached hydrogens (primary N) is 1. The van der Waals surface area contributed by atoms with E-state index in [-0.39, 0.29) is 18.5 Å². The van der Waals surface area contributed by atoms with Crippen molar-refractivity contribution in [1.29, 1.82) is 0 Å². The number of nitrogens with zero attached hydrogens (tertiary/aromatic N) is 1. The highest BCUT2D eigenvalue weighted by molar-refractivity contribution is 7.99. The van der Waals surface area contributed by atoms with Gasteiger partial charge in [0.25, 0.3) is 0 Å². The molecule has 1 aromatic rings. The SMILES string of the molecule is Nc1ccc(Cl)c(SCCN2C(=O)CNC2=O)c1. The van der Waals surface area contributed by atoms with Gasteiger partial charge >= 0.3 is 6.03 Å². The maximum absolute atomic E-state index is 11.3. The maximum atomic E-state index is 11.3. The van der Waals surface area contributed by atoms with Crippen molar-refractivity contribution in [2.75, 3.05) is 24.6 Å². The van der Waals surface area contributed by atoms with Gasteiger partial charge in [-0.25, -0.2) is 4.79 Å². The molecule has 0 saturated carbocycles. The maximum Gasteiger partial charge on any atom is 0.324 e. The first-order valence-electron chi connectivity index (χ1n) is 5.34. The second-order valence-electron chi connectivity index (χ2n) is 3.74. The van der Waals surface area contributed by atoms with Crippen molar-refractivity contribution in [2.45, 2.75) is 4.90 Å². The van der Waals surface area contributed by atoms with Gasteiger partial charge in [0.2, 0.25) is 5.91 Å². The van der Waals surface area contributed by atoms with E-state index < -0.39 is 0 Å². The molecule has 1 fully saturated rings. The van der Waals surface area contributed by atoms with Crippen LogP contribution in [0.15, 0.2) is 23.1 Å². The number of nitrogen functional groups attached to an aromatic ring is 1. The van der Waals surface area contributed by atoms with Crippen molar-refractivity contribution < 1.29 is 9.59 Å². The Labute approximate surface area is 114 Å². The van der Waals surface area contributed by atoms with Gasteiger partial charge in [0.1, 0.15) is 0 Å².